The van der Waals surface area contributed by atoms with Gasteiger partial charge in [-0.05, 0) is 30.9 Å². The Bertz CT molecular complexity index is 864. The van der Waals surface area contributed by atoms with Gasteiger partial charge in [-0.15, -0.1) is 0 Å². The summed E-state index contributed by atoms with van der Waals surface area (Å²) in [6.45, 7) is 12.1. The number of carbonyl (C=O) groups is 1. The van der Waals surface area contributed by atoms with Gasteiger partial charge >= 0.3 is 0 Å². The second-order valence-electron chi connectivity index (χ2n) is 9.23. The Labute approximate surface area is 178 Å². The van der Waals surface area contributed by atoms with Crippen LogP contribution in [0.3, 0.4) is 0 Å². The molecule has 0 aliphatic carbocycles. The van der Waals surface area contributed by atoms with Gasteiger partial charge in [0.2, 0.25) is 0 Å². The first-order valence-corrected chi connectivity index (χ1v) is 10.5. The van der Waals surface area contributed by atoms with Crippen molar-refractivity contribution < 1.29 is 4.79 Å². The van der Waals surface area contributed by atoms with E-state index >= 15 is 0 Å². The van der Waals surface area contributed by atoms with E-state index in [2.05, 4.69) is 55.0 Å². The third kappa shape index (κ3) is 5.31. The zero-order chi connectivity index (χ0) is 21.9. The zero-order valence-corrected chi connectivity index (χ0v) is 18.6. The van der Waals surface area contributed by atoms with Gasteiger partial charge in [0.05, 0.1) is 11.3 Å². The van der Waals surface area contributed by atoms with E-state index in [1.807, 2.05) is 17.3 Å². The molecule has 0 saturated carbocycles. The topological polar surface area (TPSA) is 100 Å². The Morgan fingerprint density at radius 1 is 1.27 bits per heavy atom. The summed E-state index contributed by atoms with van der Waals surface area (Å²) >= 11 is 0. The summed E-state index contributed by atoms with van der Waals surface area (Å²) < 4.78 is 0. The largest absolute Gasteiger partial charge is 0.326 e. The molecule has 1 aliphatic heterocycles. The lowest BCUT2D eigenvalue weighted by molar-refractivity contribution is 0.0879. The number of hydrogen-bond acceptors (Lipinski definition) is 7. The monoisotopic (exact) mass is 411 g/mol. The summed E-state index contributed by atoms with van der Waals surface area (Å²) in [5, 5.41) is 3.93. The molecule has 3 heterocycles. The van der Waals surface area contributed by atoms with Crippen LogP contribution in [-0.2, 0) is 5.41 Å². The highest BCUT2D eigenvalue weighted by atomic mass is 16.2. The minimum Gasteiger partial charge on any atom is -0.326 e. The van der Waals surface area contributed by atoms with Gasteiger partial charge in [0.1, 0.15) is 6.33 Å². The maximum atomic E-state index is 12.9. The van der Waals surface area contributed by atoms with E-state index in [4.69, 9.17) is 10.7 Å². The normalized spacial score (nSPS) is 17.8. The van der Waals surface area contributed by atoms with E-state index in [-0.39, 0.29) is 23.3 Å². The van der Waals surface area contributed by atoms with Gasteiger partial charge in [-0.25, -0.2) is 25.5 Å². The van der Waals surface area contributed by atoms with Crippen LogP contribution in [0, 0.1) is 0 Å². The molecule has 3 rings (SSSR count). The van der Waals surface area contributed by atoms with Crippen LogP contribution in [0.25, 0.3) is 0 Å². The first kappa shape index (κ1) is 22.1. The first-order chi connectivity index (χ1) is 14.1. The van der Waals surface area contributed by atoms with Crippen LogP contribution in [0.2, 0.25) is 0 Å². The second kappa shape index (κ2) is 9.06. The number of nitrogens with one attached hydrogen (secondary N) is 1. The number of carbonyl (C=O) groups excluding carboxylic acids is 1. The molecule has 1 aliphatic rings. The molecule has 1 saturated heterocycles. The molecule has 8 nitrogen and oxygen atoms in total. The number of nitrogens with two attached hydrogens (primary N) is 1. The number of hydrazine groups is 2. The molecule has 8 heteroatoms. The number of nitrogens with zero attached hydrogens (tertiary/aromatic N) is 5. The van der Waals surface area contributed by atoms with Crippen LogP contribution in [-0.4, -0.2) is 45.0 Å². The molecule has 3 N–H and O–H groups in total. The fourth-order valence-electron chi connectivity index (χ4n) is 3.39. The molecule has 1 fully saturated rings. The van der Waals surface area contributed by atoms with Gasteiger partial charge in [-0.1, -0.05) is 34.6 Å². The molecule has 2 aromatic heterocycles. The molecule has 30 heavy (non-hydrogen) atoms. The van der Waals surface area contributed by atoms with Crippen molar-refractivity contribution in [1.29, 1.82) is 0 Å². The van der Waals surface area contributed by atoms with E-state index in [0.717, 1.165) is 36.5 Å². The molecule has 0 aromatic carbocycles. The van der Waals surface area contributed by atoms with Gasteiger partial charge in [0.15, 0.2) is 0 Å². The SMILES string of the molecule is CC(C)c1cc(N(NC(=O)c2cncnc2)N2CCC[C@H](N)C2)cc(C(C)(C)C)n1. The number of hydrogen-bond donors (Lipinski definition) is 2. The van der Waals surface area contributed by atoms with E-state index < -0.39 is 0 Å². The van der Waals surface area contributed by atoms with E-state index in [9.17, 15) is 4.79 Å². The summed E-state index contributed by atoms with van der Waals surface area (Å²) in [5.74, 6) is -0.00954. The molecular formula is C22H33N7O. The third-order valence-corrected chi connectivity index (χ3v) is 5.18. The molecule has 0 unspecified atom stereocenters. The highest BCUT2D eigenvalue weighted by molar-refractivity contribution is 5.94. The van der Waals surface area contributed by atoms with Crippen LogP contribution in [0.5, 0.6) is 0 Å². The van der Waals surface area contributed by atoms with E-state index in [0.29, 0.717) is 12.1 Å². The van der Waals surface area contributed by atoms with Crippen LogP contribution in [0.15, 0.2) is 30.9 Å². The highest BCUT2D eigenvalue weighted by Gasteiger charge is 2.27. The van der Waals surface area contributed by atoms with Crippen molar-refractivity contribution in [3.8, 4) is 0 Å². The molecule has 0 radical (unpaired) electrons. The summed E-state index contributed by atoms with van der Waals surface area (Å²) in [6.07, 6.45) is 6.37. The smallest absolute Gasteiger partial charge is 0.274 e. The van der Waals surface area contributed by atoms with Gasteiger partial charge in [-0.3, -0.25) is 9.78 Å². The number of rotatable bonds is 5. The van der Waals surface area contributed by atoms with Crippen molar-refractivity contribution in [3.05, 3.63) is 47.8 Å². The quantitative estimate of drug-likeness (QED) is 0.730. The minimum absolute atomic E-state index is 0.0618. The lowest BCUT2D eigenvalue weighted by Crippen LogP contribution is -2.58. The predicted molar refractivity (Wildman–Crippen MR) is 118 cm³/mol. The average Bonchev–Trinajstić information content (AvgIpc) is 2.71. The maximum absolute atomic E-state index is 12.9. The molecule has 162 valence electrons. The van der Waals surface area contributed by atoms with Gasteiger partial charge in [0.25, 0.3) is 5.91 Å². The zero-order valence-electron chi connectivity index (χ0n) is 18.6. The van der Waals surface area contributed by atoms with Gasteiger partial charge < -0.3 is 5.73 Å². The number of piperidine rings is 1. The summed E-state index contributed by atoms with van der Waals surface area (Å²) in [4.78, 5) is 25.7. The molecule has 1 amide bonds. The van der Waals surface area contributed by atoms with Crippen molar-refractivity contribution in [2.45, 2.75) is 64.8 Å². The van der Waals surface area contributed by atoms with Crippen molar-refractivity contribution in [2.24, 2.45) is 5.73 Å². The predicted octanol–water partition coefficient (Wildman–Crippen LogP) is 2.78. The van der Waals surface area contributed by atoms with Crippen molar-refractivity contribution >= 4 is 11.6 Å². The van der Waals surface area contributed by atoms with Crippen LogP contribution < -0.4 is 16.3 Å². The Balaban J connectivity index is 2.02. The Hall–Kier alpha value is -2.58. The average molecular weight is 412 g/mol. The lowest BCUT2D eigenvalue weighted by atomic mass is 9.90. The summed E-state index contributed by atoms with van der Waals surface area (Å²) in [7, 11) is 0. The number of pyridine rings is 1. The van der Waals surface area contributed by atoms with Crippen molar-refractivity contribution in [2.75, 3.05) is 18.2 Å². The lowest BCUT2D eigenvalue weighted by Gasteiger charge is -2.40. The van der Waals surface area contributed by atoms with Crippen LogP contribution in [0.1, 0.15) is 75.1 Å². The summed E-state index contributed by atoms with van der Waals surface area (Å²) in [6, 6.07) is 4.15. The summed E-state index contributed by atoms with van der Waals surface area (Å²) in [5.41, 5.74) is 12.4. The number of amides is 1. The van der Waals surface area contributed by atoms with Crippen LogP contribution in [0.4, 0.5) is 5.69 Å². The number of aromatic nitrogens is 3. The Morgan fingerprint density at radius 2 is 1.97 bits per heavy atom. The fourth-order valence-corrected chi connectivity index (χ4v) is 3.39. The Morgan fingerprint density at radius 3 is 2.57 bits per heavy atom. The van der Waals surface area contributed by atoms with Gasteiger partial charge in [-0.2, -0.15) is 0 Å². The fraction of sp³-hybridized carbons (Fsp3) is 0.545. The standard InChI is InChI=1S/C22H33N7O/c1-15(2)19-9-18(10-20(26-19)22(3,4)5)29(28-8-6-7-17(23)13-28)27-21(30)16-11-24-14-25-12-16/h9-12,14-15,17H,6-8,13,23H2,1-5H3,(H,27,30)/t17-/m0/s1. The maximum Gasteiger partial charge on any atom is 0.274 e. The first-order valence-electron chi connectivity index (χ1n) is 10.5. The van der Waals surface area contributed by atoms with Gasteiger partial charge in [0, 0.05) is 48.3 Å². The minimum atomic E-state index is -0.269. The van der Waals surface area contributed by atoms with E-state index in [1.165, 1.54) is 18.7 Å². The molecule has 0 spiro atoms. The molecule has 1 atom stereocenters. The van der Waals surface area contributed by atoms with E-state index in [1.54, 1.807) is 0 Å². The molecular weight excluding hydrogens is 378 g/mol. The Kier molecular flexibility index (Phi) is 6.67. The van der Waals surface area contributed by atoms with Crippen molar-refractivity contribution in [1.82, 2.24) is 25.4 Å². The molecule has 2 aromatic rings. The van der Waals surface area contributed by atoms with Crippen LogP contribution >= 0.6 is 0 Å². The molecule has 0 bridgehead atoms. The number of anilines is 1. The second-order valence-corrected chi connectivity index (χ2v) is 9.23. The van der Waals surface area contributed by atoms with Crippen molar-refractivity contribution in [3.63, 3.8) is 0 Å². The third-order valence-electron chi connectivity index (χ3n) is 5.18. The highest BCUT2D eigenvalue weighted by Crippen LogP contribution is 2.29.